The van der Waals surface area contributed by atoms with E-state index in [2.05, 4.69) is 10.4 Å². The number of nitrogens with one attached hydrogen (secondary N) is 1. The van der Waals surface area contributed by atoms with Gasteiger partial charge in [-0.2, -0.15) is 5.10 Å². The topological polar surface area (TPSA) is 73.2 Å². The highest BCUT2D eigenvalue weighted by Gasteiger charge is 2.18. The lowest BCUT2D eigenvalue weighted by molar-refractivity contribution is -0.143. The summed E-state index contributed by atoms with van der Waals surface area (Å²) in [6.45, 7) is 3.06. The average Bonchev–Trinajstić information content (AvgIpc) is 3.16. The molecule has 7 heteroatoms. The Morgan fingerprint density at radius 2 is 1.83 bits per heavy atom. The molecule has 1 aromatic heterocycles. The highest BCUT2D eigenvalue weighted by molar-refractivity contribution is 6.30. The SMILES string of the molecule is CCOC(=O)CCCNC(=O)c1cn(Cc2ccccc2)nc1-c1ccc(Cl)cc1. The van der Waals surface area contributed by atoms with Gasteiger partial charge in [0.1, 0.15) is 5.69 Å². The van der Waals surface area contributed by atoms with Crippen molar-refractivity contribution in [2.24, 2.45) is 0 Å². The summed E-state index contributed by atoms with van der Waals surface area (Å²) in [5, 5.41) is 8.13. The monoisotopic (exact) mass is 425 g/mol. The highest BCUT2D eigenvalue weighted by atomic mass is 35.5. The van der Waals surface area contributed by atoms with E-state index in [1.54, 1.807) is 29.9 Å². The van der Waals surface area contributed by atoms with Crippen molar-refractivity contribution >= 4 is 23.5 Å². The molecule has 0 aliphatic rings. The van der Waals surface area contributed by atoms with E-state index in [4.69, 9.17) is 16.3 Å². The van der Waals surface area contributed by atoms with Crippen LogP contribution >= 0.6 is 11.6 Å². The molecule has 0 atom stereocenters. The van der Waals surface area contributed by atoms with Crippen molar-refractivity contribution in [3.05, 3.63) is 76.9 Å². The Labute approximate surface area is 180 Å². The van der Waals surface area contributed by atoms with Gasteiger partial charge < -0.3 is 10.1 Å². The third-order valence-corrected chi connectivity index (χ3v) is 4.71. The number of nitrogens with zero attached hydrogens (tertiary/aromatic N) is 2. The van der Waals surface area contributed by atoms with E-state index in [1.165, 1.54) is 0 Å². The summed E-state index contributed by atoms with van der Waals surface area (Å²) in [4.78, 5) is 24.3. The predicted molar refractivity (Wildman–Crippen MR) is 116 cm³/mol. The number of benzene rings is 2. The first kappa shape index (κ1) is 21.6. The molecule has 156 valence electrons. The van der Waals surface area contributed by atoms with Gasteiger partial charge in [-0.25, -0.2) is 0 Å². The van der Waals surface area contributed by atoms with Gasteiger partial charge in [0.2, 0.25) is 0 Å². The summed E-state index contributed by atoms with van der Waals surface area (Å²) < 4.78 is 6.66. The minimum atomic E-state index is -0.260. The van der Waals surface area contributed by atoms with Gasteiger partial charge in [-0.1, -0.05) is 54.1 Å². The second-order valence-corrected chi connectivity index (χ2v) is 7.18. The molecule has 0 saturated carbocycles. The summed E-state index contributed by atoms with van der Waals surface area (Å²) >= 11 is 6.00. The minimum Gasteiger partial charge on any atom is -0.466 e. The molecule has 0 bridgehead atoms. The molecule has 3 aromatic rings. The van der Waals surface area contributed by atoms with Crippen LogP contribution in [0.15, 0.2) is 60.8 Å². The molecule has 1 heterocycles. The molecular formula is C23H24ClN3O3. The fourth-order valence-corrected chi connectivity index (χ4v) is 3.15. The van der Waals surface area contributed by atoms with Crippen molar-refractivity contribution in [2.75, 3.05) is 13.2 Å². The van der Waals surface area contributed by atoms with Gasteiger partial charge in [0.05, 0.1) is 18.7 Å². The molecule has 0 fully saturated rings. The van der Waals surface area contributed by atoms with E-state index in [0.717, 1.165) is 11.1 Å². The Hall–Kier alpha value is -3.12. The number of aromatic nitrogens is 2. The molecule has 0 spiro atoms. The first-order chi connectivity index (χ1) is 14.6. The third-order valence-electron chi connectivity index (χ3n) is 4.46. The van der Waals surface area contributed by atoms with Crippen molar-refractivity contribution in [3.8, 4) is 11.3 Å². The Bertz CT molecular complexity index is 985. The van der Waals surface area contributed by atoms with Gasteiger partial charge in [0.15, 0.2) is 0 Å². The van der Waals surface area contributed by atoms with Gasteiger partial charge in [-0.05, 0) is 31.0 Å². The molecule has 6 nitrogen and oxygen atoms in total. The first-order valence-electron chi connectivity index (χ1n) is 9.88. The zero-order chi connectivity index (χ0) is 21.3. The Morgan fingerprint density at radius 1 is 1.10 bits per heavy atom. The lowest BCUT2D eigenvalue weighted by Crippen LogP contribution is -2.25. The molecule has 1 amide bonds. The molecule has 1 N–H and O–H groups in total. The maximum atomic E-state index is 12.8. The van der Waals surface area contributed by atoms with Crippen LogP contribution in [0.2, 0.25) is 5.02 Å². The van der Waals surface area contributed by atoms with Crippen molar-refractivity contribution in [1.82, 2.24) is 15.1 Å². The fourth-order valence-electron chi connectivity index (χ4n) is 3.02. The summed E-state index contributed by atoms with van der Waals surface area (Å²) in [6, 6.07) is 17.1. The second kappa shape index (κ2) is 10.6. The van der Waals surface area contributed by atoms with Crippen LogP contribution in [0, 0.1) is 0 Å². The zero-order valence-corrected chi connectivity index (χ0v) is 17.6. The maximum absolute atomic E-state index is 12.8. The number of hydrogen-bond acceptors (Lipinski definition) is 4. The number of ether oxygens (including phenoxy) is 1. The zero-order valence-electron chi connectivity index (χ0n) is 16.8. The van der Waals surface area contributed by atoms with Crippen LogP contribution in [-0.4, -0.2) is 34.8 Å². The molecule has 0 saturated heterocycles. The molecule has 2 aromatic carbocycles. The summed E-state index contributed by atoms with van der Waals surface area (Å²) in [5.74, 6) is -0.493. The smallest absolute Gasteiger partial charge is 0.305 e. The maximum Gasteiger partial charge on any atom is 0.305 e. The standard InChI is InChI=1S/C23H24ClN3O3/c1-2-30-21(28)9-6-14-25-23(29)20-16-27(15-17-7-4-3-5-8-17)26-22(20)18-10-12-19(24)13-11-18/h3-5,7-8,10-13,16H,2,6,9,14-15H2,1H3,(H,25,29). The van der Waals surface area contributed by atoms with Crippen molar-refractivity contribution in [2.45, 2.75) is 26.3 Å². The number of hydrogen-bond donors (Lipinski definition) is 1. The van der Waals surface area contributed by atoms with Crippen molar-refractivity contribution < 1.29 is 14.3 Å². The first-order valence-corrected chi connectivity index (χ1v) is 10.3. The average molecular weight is 426 g/mol. The predicted octanol–water partition coefficient (Wildman–Crippen LogP) is 4.32. The Balaban J connectivity index is 1.76. The lowest BCUT2D eigenvalue weighted by Gasteiger charge is -2.06. The van der Waals surface area contributed by atoms with E-state index in [1.807, 2.05) is 42.5 Å². The van der Waals surface area contributed by atoms with Crippen LogP contribution < -0.4 is 5.32 Å². The van der Waals surface area contributed by atoms with Gasteiger partial charge in [-0.3, -0.25) is 14.3 Å². The van der Waals surface area contributed by atoms with Crippen molar-refractivity contribution in [1.29, 1.82) is 0 Å². The van der Waals surface area contributed by atoms with Gasteiger partial charge >= 0.3 is 5.97 Å². The summed E-state index contributed by atoms with van der Waals surface area (Å²) in [7, 11) is 0. The van der Waals surface area contributed by atoms with E-state index >= 15 is 0 Å². The Morgan fingerprint density at radius 3 is 2.53 bits per heavy atom. The minimum absolute atomic E-state index is 0.233. The van der Waals surface area contributed by atoms with Crippen molar-refractivity contribution in [3.63, 3.8) is 0 Å². The fraction of sp³-hybridized carbons (Fsp3) is 0.261. The third kappa shape index (κ3) is 5.94. The number of amides is 1. The number of carbonyl (C=O) groups excluding carboxylic acids is 2. The lowest BCUT2D eigenvalue weighted by atomic mass is 10.1. The van der Waals surface area contributed by atoms with Crippen LogP contribution in [0.4, 0.5) is 0 Å². The van der Waals surface area contributed by atoms with E-state index in [9.17, 15) is 9.59 Å². The largest absolute Gasteiger partial charge is 0.466 e. The highest BCUT2D eigenvalue weighted by Crippen LogP contribution is 2.24. The van der Waals surface area contributed by atoms with Crippen LogP contribution in [0.1, 0.15) is 35.7 Å². The number of rotatable bonds is 9. The summed E-state index contributed by atoms with van der Waals surface area (Å²) in [6.07, 6.45) is 2.53. The molecule has 3 rings (SSSR count). The van der Waals surface area contributed by atoms with Crippen LogP contribution in [-0.2, 0) is 16.1 Å². The molecular weight excluding hydrogens is 402 g/mol. The van der Waals surface area contributed by atoms with Crippen LogP contribution in [0.3, 0.4) is 0 Å². The molecule has 0 aliphatic carbocycles. The van der Waals surface area contributed by atoms with E-state index in [-0.39, 0.29) is 18.3 Å². The normalized spacial score (nSPS) is 10.6. The molecule has 0 radical (unpaired) electrons. The van der Waals surface area contributed by atoms with Crippen LogP contribution in [0.25, 0.3) is 11.3 Å². The quantitative estimate of drug-likeness (QED) is 0.409. The van der Waals surface area contributed by atoms with Gasteiger partial charge in [0.25, 0.3) is 5.91 Å². The van der Waals surface area contributed by atoms with Gasteiger partial charge in [0, 0.05) is 29.7 Å². The number of halogens is 1. The number of carbonyl (C=O) groups is 2. The Kier molecular flexibility index (Phi) is 7.63. The number of esters is 1. The van der Waals surface area contributed by atoms with E-state index in [0.29, 0.717) is 42.4 Å². The van der Waals surface area contributed by atoms with Gasteiger partial charge in [-0.15, -0.1) is 0 Å². The van der Waals surface area contributed by atoms with Crippen LogP contribution in [0.5, 0.6) is 0 Å². The molecule has 30 heavy (non-hydrogen) atoms. The molecule has 0 unspecified atom stereocenters. The summed E-state index contributed by atoms with van der Waals surface area (Å²) in [5.41, 5.74) is 2.96. The molecule has 0 aliphatic heterocycles. The van der Waals surface area contributed by atoms with E-state index < -0.39 is 0 Å². The second-order valence-electron chi connectivity index (χ2n) is 6.75.